The Morgan fingerprint density at radius 1 is 0.820 bits per heavy atom. The highest BCUT2D eigenvalue weighted by molar-refractivity contribution is 6.19. The molecule has 7 rings (SSSR count). The van der Waals surface area contributed by atoms with Gasteiger partial charge in [0.15, 0.2) is 0 Å². The Balaban J connectivity index is 0.00000212. The van der Waals surface area contributed by atoms with E-state index >= 15 is 0 Å². The van der Waals surface area contributed by atoms with Crippen LogP contribution in [0, 0.1) is 10.8 Å². The summed E-state index contributed by atoms with van der Waals surface area (Å²) in [6.45, 7) is 2.24. The van der Waals surface area contributed by atoms with E-state index in [0.29, 0.717) is 54.9 Å². The molecule has 4 N–H and O–H groups in total. The standard InChI is InChI=1S/C40H43N5O3.CH3F/c41-35-21-24-45(37(35)25-36(42)34-3-1-2-4-38(34)46)32-15-11-28(12-16-32)29-19-22-44(23-20-29)31-13-9-27(10-14-31)26-5-7-30(8-6-26)33-17-18-39(47)43-40(33)48;1-2/h1-8,11-12,15-16,21,24-25,27,29,31,33,41-42,46H,9-10,13-14,17-20,22-23H2,(H,43,47,48);1H3/b37-25+,41-35?,42-36?;. The molecule has 0 spiro atoms. The molecule has 1 saturated carbocycles. The summed E-state index contributed by atoms with van der Waals surface area (Å²) in [6, 6.07) is 24.7. The quantitative estimate of drug-likeness (QED) is 0.151. The van der Waals surface area contributed by atoms with Crippen molar-refractivity contribution in [3.63, 3.8) is 0 Å². The van der Waals surface area contributed by atoms with E-state index in [-0.39, 0.29) is 29.2 Å². The Hall–Kier alpha value is -4.89. The summed E-state index contributed by atoms with van der Waals surface area (Å²) in [5.74, 6) is 0.590. The number of phenols is 1. The van der Waals surface area contributed by atoms with Crippen LogP contribution in [0.25, 0.3) is 0 Å². The van der Waals surface area contributed by atoms with Crippen molar-refractivity contribution in [1.29, 1.82) is 10.8 Å². The Morgan fingerprint density at radius 3 is 2.06 bits per heavy atom. The maximum absolute atomic E-state index is 12.3. The van der Waals surface area contributed by atoms with Gasteiger partial charge in [0, 0.05) is 29.9 Å². The monoisotopic (exact) mass is 675 g/mol. The number of hydrogen-bond donors (Lipinski definition) is 4. The van der Waals surface area contributed by atoms with E-state index in [4.69, 9.17) is 10.8 Å². The first-order valence-corrected chi connectivity index (χ1v) is 17.6. The van der Waals surface area contributed by atoms with E-state index in [1.54, 1.807) is 36.4 Å². The average molecular weight is 676 g/mol. The molecule has 0 bridgehead atoms. The lowest BCUT2D eigenvalue weighted by molar-refractivity contribution is -0.134. The minimum Gasteiger partial charge on any atom is -0.507 e. The van der Waals surface area contributed by atoms with Crippen molar-refractivity contribution in [3.8, 4) is 5.75 Å². The van der Waals surface area contributed by atoms with Crippen molar-refractivity contribution in [1.82, 2.24) is 10.2 Å². The number of phenolic OH excluding ortho intramolecular Hbond substituents is 1. The summed E-state index contributed by atoms with van der Waals surface area (Å²) in [6.07, 6.45) is 13.4. The molecule has 0 radical (unpaired) electrons. The van der Waals surface area contributed by atoms with E-state index in [9.17, 15) is 19.1 Å². The van der Waals surface area contributed by atoms with Crippen LogP contribution in [0.5, 0.6) is 5.75 Å². The zero-order chi connectivity index (χ0) is 35.2. The molecule has 2 saturated heterocycles. The number of imide groups is 1. The van der Waals surface area contributed by atoms with Crippen LogP contribution in [0.2, 0.25) is 0 Å². The second kappa shape index (κ2) is 15.8. The summed E-state index contributed by atoms with van der Waals surface area (Å²) in [7, 11) is 0.500. The van der Waals surface area contributed by atoms with Gasteiger partial charge in [-0.2, -0.15) is 0 Å². The van der Waals surface area contributed by atoms with Gasteiger partial charge in [0.1, 0.15) is 5.75 Å². The summed E-state index contributed by atoms with van der Waals surface area (Å²) < 4.78 is 9.50. The molecule has 50 heavy (non-hydrogen) atoms. The number of nitrogens with zero attached hydrogens (tertiary/aromatic N) is 2. The van der Waals surface area contributed by atoms with Crippen LogP contribution < -0.4 is 10.2 Å². The lowest BCUT2D eigenvalue weighted by Gasteiger charge is -2.41. The number of halogens is 1. The number of amides is 2. The van der Waals surface area contributed by atoms with Crippen molar-refractivity contribution >= 4 is 28.9 Å². The van der Waals surface area contributed by atoms with Gasteiger partial charge in [-0.15, -0.1) is 0 Å². The molecule has 8 nitrogen and oxygen atoms in total. The first kappa shape index (κ1) is 35.0. The Bertz CT molecular complexity index is 1770. The molecule has 3 fully saturated rings. The number of nitrogens with one attached hydrogen (secondary N) is 3. The third-order valence-electron chi connectivity index (χ3n) is 10.8. The molecule has 3 aliphatic heterocycles. The number of rotatable bonds is 7. The third kappa shape index (κ3) is 7.63. The fraction of sp³-hybridized carbons (Fsp3) is 0.366. The fourth-order valence-electron chi connectivity index (χ4n) is 8.02. The lowest BCUT2D eigenvalue weighted by Crippen LogP contribution is -2.42. The average Bonchev–Trinajstić information content (AvgIpc) is 3.52. The largest absolute Gasteiger partial charge is 0.507 e. The van der Waals surface area contributed by atoms with Crippen molar-refractivity contribution in [2.75, 3.05) is 25.2 Å². The number of likely N-dealkylation sites (tertiary alicyclic amines) is 1. The van der Waals surface area contributed by atoms with Crippen LogP contribution in [-0.4, -0.2) is 59.6 Å². The van der Waals surface area contributed by atoms with E-state index in [2.05, 4.69) is 58.7 Å². The molecule has 4 aliphatic rings. The topological polar surface area (TPSA) is 121 Å². The number of anilines is 1. The van der Waals surface area contributed by atoms with Crippen molar-refractivity contribution < 1.29 is 19.1 Å². The van der Waals surface area contributed by atoms with Gasteiger partial charge in [0.25, 0.3) is 0 Å². The second-order valence-electron chi connectivity index (χ2n) is 13.6. The Morgan fingerprint density at radius 2 is 1.42 bits per heavy atom. The zero-order valence-electron chi connectivity index (χ0n) is 28.6. The van der Waals surface area contributed by atoms with Gasteiger partial charge in [-0.25, -0.2) is 0 Å². The number of carbonyl (C=O) groups is 2. The maximum Gasteiger partial charge on any atom is 0.234 e. The van der Waals surface area contributed by atoms with E-state index in [1.807, 2.05) is 11.1 Å². The highest BCUT2D eigenvalue weighted by Gasteiger charge is 2.31. The maximum atomic E-state index is 12.3. The molecular formula is C41H46FN5O3. The SMILES string of the molecule is CF.N=C1C=CN(c2ccc(C3CCN(C4CCC(c5ccc(C6CCC(=O)NC6=O)cc5)CC4)CC3)cc2)/C1=C/C(=N)c1ccccc1O. The molecule has 9 heteroatoms. The van der Waals surface area contributed by atoms with Crippen molar-refractivity contribution in [2.45, 2.75) is 75.2 Å². The van der Waals surface area contributed by atoms with Gasteiger partial charge in [-0.1, -0.05) is 48.5 Å². The van der Waals surface area contributed by atoms with Crippen LogP contribution >= 0.6 is 0 Å². The van der Waals surface area contributed by atoms with Crippen LogP contribution in [0.3, 0.4) is 0 Å². The van der Waals surface area contributed by atoms with Gasteiger partial charge in [-0.05, 0) is 123 Å². The molecule has 1 atom stereocenters. The minimum absolute atomic E-state index is 0.0575. The van der Waals surface area contributed by atoms with Crippen molar-refractivity contribution in [2.24, 2.45) is 0 Å². The second-order valence-corrected chi connectivity index (χ2v) is 13.6. The number of para-hydroxylation sites is 1. The predicted molar refractivity (Wildman–Crippen MR) is 196 cm³/mol. The van der Waals surface area contributed by atoms with Gasteiger partial charge >= 0.3 is 0 Å². The summed E-state index contributed by atoms with van der Waals surface area (Å²) in [4.78, 5) is 28.4. The Kier molecular flexibility index (Phi) is 11.0. The van der Waals surface area contributed by atoms with Crippen LogP contribution in [0.1, 0.15) is 91.4 Å². The van der Waals surface area contributed by atoms with Crippen molar-refractivity contribution in [3.05, 3.63) is 119 Å². The number of piperidine rings is 2. The van der Waals surface area contributed by atoms with Crippen LogP contribution in [0.4, 0.5) is 10.1 Å². The third-order valence-corrected chi connectivity index (χ3v) is 10.8. The molecule has 3 aromatic carbocycles. The number of alkyl halides is 1. The van der Waals surface area contributed by atoms with Gasteiger partial charge in [-0.3, -0.25) is 24.7 Å². The van der Waals surface area contributed by atoms with E-state index in [0.717, 1.165) is 37.2 Å². The first-order chi connectivity index (χ1) is 24.3. The number of benzene rings is 3. The first-order valence-electron chi connectivity index (χ1n) is 17.6. The number of carbonyl (C=O) groups excluding carboxylic acids is 2. The number of hydrogen-bond acceptors (Lipinski definition) is 7. The zero-order valence-corrected chi connectivity index (χ0v) is 28.6. The number of allylic oxidation sites excluding steroid dienone is 2. The highest BCUT2D eigenvalue weighted by Crippen LogP contribution is 2.38. The summed E-state index contributed by atoms with van der Waals surface area (Å²) in [5.41, 5.74) is 6.24. The smallest absolute Gasteiger partial charge is 0.234 e. The predicted octanol–water partition coefficient (Wildman–Crippen LogP) is 7.71. The molecule has 0 aromatic heterocycles. The Labute approximate surface area is 293 Å². The van der Waals surface area contributed by atoms with Gasteiger partial charge in [0.05, 0.1) is 30.2 Å². The van der Waals surface area contributed by atoms with E-state index < -0.39 is 0 Å². The molecule has 3 heterocycles. The van der Waals surface area contributed by atoms with Gasteiger partial charge < -0.3 is 20.3 Å². The molecule has 2 amide bonds. The molecular weight excluding hydrogens is 629 g/mol. The minimum atomic E-state index is -0.223. The highest BCUT2D eigenvalue weighted by atomic mass is 19.1. The normalized spacial score (nSPS) is 23.8. The molecule has 3 aromatic rings. The molecule has 1 unspecified atom stereocenters. The van der Waals surface area contributed by atoms with Crippen LogP contribution in [-0.2, 0) is 9.59 Å². The molecule has 1 aliphatic carbocycles. The molecule has 260 valence electrons. The summed E-state index contributed by atoms with van der Waals surface area (Å²) in [5, 5.41) is 29.6. The fourth-order valence-corrected chi connectivity index (χ4v) is 8.02. The number of aromatic hydroxyl groups is 1. The van der Waals surface area contributed by atoms with Gasteiger partial charge in [0.2, 0.25) is 11.8 Å². The lowest BCUT2D eigenvalue weighted by atomic mass is 9.79. The summed E-state index contributed by atoms with van der Waals surface area (Å²) >= 11 is 0. The van der Waals surface area contributed by atoms with E-state index in [1.165, 1.54) is 36.8 Å². The van der Waals surface area contributed by atoms with Crippen LogP contribution in [0.15, 0.2) is 96.8 Å².